The molecule has 0 amide bonds. The molecule has 16 heavy (non-hydrogen) atoms. The first-order valence-corrected chi connectivity index (χ1v) is 5.20. The van der Waals surface area contributed by atoms with Crippen LogP contribution in [0.15, 0.2) is 4.42 Å². The van der Waals surface area contributed by atoms with Crippen LogP contribution >= 0.6 is 0 Å². The van der Waals surface area contributed by atoms with Crippen LogP contribution in [0.4, 0.5) is 6.01 Å². The lowest BCUT2D eigenvalue weighted by atomic mass is 9.99. The molecule has 0 aliphatic heterocycles. The molecule has 88 valence electrons. The number of esters is 1. The van der Waals surface area contributed by atoms with E-state index in [1.54, 1.807) is 6.92 Å². The van der Waals surface area contributed by atoms with Gasteiger partial charge in [-0.1, -0.05) is 12.0 Å². The van der Waals surface area contributed by atoms with Crippen molar-refractivity contribution in [2.75, 3.05) is 12.4 Å². The van der Waals surface area contributed by atoms with Gasteiger partial charge in [-0.25, -0.2) is 4.79 Å². The summed E-state index contributed by atoms with van der Waals surface area (Å²) >= 11 is 0. The fourth-order valence-electron chi connectivity index (χ4n) is 1.60. The molecule has 1 unspecified atom stereocenters. The molecule has 1 heterocycles. The van der Waals surface area contributed by atoms with Crippen LogP contribution in [0.25, 0.3) is 0 Å². The van der Waals surface area contributed by atoms with Crippen molar-refractivity contribution in [3.05, 3.63) is 5.89 Å². The summed E-state index contributed by atoms with van der Waals surface area (Å²) in [6.07, 6.45) is 1.99. The molecule has 1 saturated carbocycles. The van der Waals surface area contributed by atoms with E-state index >= 15 is 0 Å². The standard InChI is InChI=1S/C10H15N3O3/c1-6-12-13-9(16-6)11-7(8(14)15-3)10(2)4-5-10/h7H,4-5H2,1-3H3,(H,11,13). The van der Waals surface area contributed by atoms with Gasteiger partial charge < -0.3 is 14.5 Å². The first kappa shape index (κ1) is 10.9. The maximum atomic E-state index is 11.6. The topological polar surface area (TPSA) is 77.2 Å². The van der Waals surface area contributed by atoms with E-state index < -0.39 is 6.04 Å². The molecule has 1 N–H and O–H groups in total. The normalized spacial score (nSPS) is 18.9. The highest BCUT2D eigenvalue weighted by Crippen LogP contribution is 2.49. The summed E-state index contributed by atoms with van der Waals surface area (Å²) in [5.41, 5.74) is -0.0601. The van der Waals surface area contributed by atoms with E-state index in [2.05, 4.69) is 15.5 Å². The lowest BCUT2D eigenvalue weighted by Crippen LogP contribution is -2.38. The van der Waals surface area contributed by atoms with Gasteiger partial charge in [0.15, 0.2) is 0 Å². The molecule has 1 atom stereocenters. The first-order chi connectivity index (χ1) is 7.55. The van der Waals surface area contributed by atoms with Gasteiger partial charge in [-0.3, -0.25) is 0 Å². The van der Waals surface area contributed by atoms with E-state index in [0.717, 1.165) is 12.8 Å². The van der Waals surface area contributed by atoms with Crippen molar-refractivity contribution in [1.29, 1.82) is 0 Å². The Morgan fingerprint density at radius 2 is 2.25 bits per heavy atom. The number of rotatable bonds is 4. The second kappa shape index (κ2) is 3.77. The van der Waals surface area contributed by atoms with Crippen molar-refractivity contribution < 1.29 is 13.9 Å². The van der Waals surface area contributed by atoms with Crippen LogP contribution in [0.3, 0.4) is 0 Å². The summed E-state index contributed by atoms with van der Waals surface area (Å²) in [6, 6.07) is -0.154. The summed E-state index contributed by atoms with van der Waals surface area (Å²) < 4.78 is 9.96. The van der Waals surface area contributed by atoms with E-state index in [4.69, 9.17) is 9.15 Å². The number of carbonyl (C=O) groups is 1. The third-order valence-electron chi connectivity index (χ3n) is 2.97. The van der Waals surface area contributed by atoms with Crippen molar-refractivity contribution in [2.45, 2.75) is 32.7 Å². The highest BCUT2D eigenvalue weighted by Gasteiger charge is 2.49. The third-order valence-corrected chi connectivity index (χ3v) is 2.97. The van der Waals surface area contributed by atoms with E-state index in [1.165, 1.54) is 7.11 Å². The molecule has 6 nitrogen and oxygen atoms in total. The molecule has 1 aromatic rings. The number of anilines is 1. The van der Waals surface area contributed by atoms with Gasteiger partial charge in [0.05, 0.1) is 7.11 Å². The van der Waals surface area contributed by atoms with Gasteiger partial charge in [-0.15, -0.1) is 5.10 Å². The third kappa shape index (κ3) is 2.00. The quantitative estimate of drug-likeness (QED) is 0.774. The molecule has 2 rings (SSSR count). The van der Waals surface area contributed by atoms with Crippen LogP contribution in [-0.4, -0.2) is 29.3 Å². The van der Waals surface area contributed by atoms with Crippen LogP contribution < -0.4 is 5.32 Å². The molecule has 1 aliphatic rings. The van der Waals surface area contributed by atoms with Gasteiger partial charge in [-0.05, 0) is 18.3 Å². The van der Waals surface area contributed by atoms with Crippen LogP contribution in [0.5, 0.6) is 0 Å². The van der Waals surface area contributed by atoms with Crippen molar-refractivity contribution in [3.63, 3.8) is 0 Å². The predicted octanol–water partition coefficient (Wildman–Crippen LogP) is 1.13. The second-order valence-corrected chi connectivity index (χ2v) is 4.38. The molecule has 1 aliphatic carbocycles. The lowest BCUT2D eigenvalue weighted by molar-refractivity contribution is -0.143. The van der Waals surface area contributed by atoms with Gasteiger partial charge in [0.25, 0.3) is 0 Å². The van der Waals surface area contributed by atoms with Crippen LogP contribution in [0.2, 0.25) is 0 Å². The molecule has 0 spiro atoms. The van der Waals surface area contributed by atoms with Gasteiger partial charge in [0.1, 0.15) is 6.04 Å². The highest BCUT2D eigenvalue weighted by molar-refractivity contribution is 5.80. The fourth-order valence-corrected chi connectivity index (χ4v) is 1.60. The zero-order valence-corrected chi connectivity index (χ0v) is 9.61. The maximum absolute atomic E-state index is 11.6. The largest absolute Gasteiger partial charge is 0.467 e. The van der Waals surface area contributed by atoms with E-state index in [0.29, 0.717) is 5.89 Å². The van der Waals surface area contributed by atoms with E-state index in [-0.39, 0.29) is 17.4 Å². The molecule has 6 heteroatoms. The molecule has 0 aromatic carbocycles. The van der Waals surface area contributed by atoms with Crippen molar-refractivity contribution in [3.8, 4) is 0 Å². The Bertz CT molecular complexity index is 398. The SMILES string of the molecule is COC(=O)C(Nc1nnc(C)o1)C1(C)CC1. The minimum Gasteiger partial charge on any atom is -0.467 e. The van der Waals surface area contributed by atoms with Crippen molar-refractivity contribution >= 4 is 12.0 Å². The lowest BCUT2D eigenvalue weighted by Gasteiger charge is -2.20. The molecule has 1 fully saturated rings. The summed E-state index contributed by atoms with van der Waals surface area (Å²) in [4.78, 5) is 11.6. The molecule has 0 radical (unpaired) electrons. The Labute approximate surface area is 93.4 Å². The van der Waals surface area contributed by atoms with Gasteiger partial charge in [-0.2, -0.15) is 0 Å². The van der Waals surface area contributed by atoms with Crippen molar-refractivity contribution in [1.82, 2.24) is 10.2 Å². The summed E-state index contributed by atoms with van der Waals surface area (Å²) in [5.74, 6) is 0.169. The number of aromatic nitrogens is 2. The molecule has 1 aromatic heterocycles. The van der Waals surface area contributed by atoms with Crippen LogP contribution in [0.1, 0.15) is 25.7 Å². The number of ether oxygens (including phenoxy) is 1. The number of nitrogens with one attached hydrogen (secondary N) is 1. The monoisotopic (exact) mass is 225 g/mol. The minimum atomic E-state index is -0.419. The first-order valence-electron chi connectivity index (χ1n) is 5.20. The Balaban J connectivity index is 2.11. The van der Waals surface area contributed by atoms with Crippen LogP contribution in [0, 0.1) is 12.3 Å². The number of carbonyl (C=O) groups excluding carboxylic acids is 1. The zero-order chi connectivity index (χ0) is 11.8. The second-order valence-electron chi connectivity index (χ2n) is 4.38. The Morgan fingerprint density at radius 1 is 1.56 bits per heavy atom. The highest BCUT2D eigenvalue weighted by atomic mass is 16.5. The van der Waals surface area contributed by atoms with Gasteiger partial charge >= 0.3 is 12.0 Å². The van der Waals surface area contributed by atoms with Crippen LogP contribution in [-0.2, 0) is 9.53 Å². The zero-order valence-electron chi connectivity index (χ0n) is 9.61. The average Bonchev–Trinajstić information content (AvgIpc) is 2.86. The molecule has 0 bridgehead atoms. The Hall–Kier alpha value is -1.59. The molecule has 0 saturated heterocycles. The van der Waals surface area contributed by atoms with Gasteiger partial charge in [0.2, 0.25) is 5.89 Å². The number of hydrogen-bond donors (Lipinski definition) is 1. The minimum absolute atomic E-state index is 0.0601. The maximum Gasteiger partial charge on any atom is 0.328 e. The molecular weight excluding hydrogens is 210 g/mol. The predicted molar refractivity (Wildman–Crippen MR) is 55.8 cm³/mol. The number of nitrogens with zero attached hydrogens (tertiary/aromatic N) is 2. The van der Waals surface area contributed by atoms with E-state index in [9.17, 15) is 4.79 Å². The number of hydrogen-bond acceptors (Lipinski definition) is 6. The molecular formula is C10H15N3O3. The Kier molecular flexibility index (Phi) is 2.57. The van der Waals surface area contributed by atoms with E-state index in [1.807, 2.05) is 6.92 Å². The van der Waals surface area contributed by atoms with Crippen molar-refractivity contribution in [2.24, 2.45) is 5.41 Å². The fraction of sp³-hybridized carbons (Fsp3) is 0.700. The number of aryl methyl sites for hydroxylation is 1. The summed E-state index contributed by atoms with van der Waals surface area (Å²) in [7, 11) is 1.38. The average molecular weight is 225 g/mol. The number of methoxy groups -OCH3 is 1. The Morgan fingerprint density at radius 3 is 2.69 bits per heavy atom. The smallest absolute Gasteiger partial charge is 0.328 e. The summed E-state index contributed by atoms with van der Waals surface area (Å²) in [5, 5.41) is 10.4. The van der Waals surface area contributed by atoms with Gasteiger partial charge in [0, 0.05) is 6.92 Å². The summed E-state index contributed by atoms with van der Waals surface area (Å²) in [6.45, 7) is 3.73.